The Bertz CT molecular complexity index is 1780. The van der Waals surface area contributed by atoms with Crippen LogP contribution < -0.4 is 4.90 Å². The summed E-state index contributed by atoms with van der Waals surface area (Å²) in [7, 11) is 6.94. The molecule has 10 heteroatoms. The monoisotopic (exact) mass is 550 g/mol. The number of amides is 1. The largest absolute Gasteiger partial charge is 0.494 e. The van der Waals surface area contributed by atoms with Crippen molar-refractivity contribution in [1.29, 1.82) is 0 Å². The van der Waals surface area contributed by atoms with Gasteiger partial charge in [-0.25, -0.2) is 9.79 Å². The molecular formula is C31H30N6O4. The fourth-order valence-electron chi connectivity index (χ4n) is 4.55. The van der Waals surface area contributed by atoms with E-state index in [1.165, 1.54) is 7.11 Å². The van der Waals surface area contributed by atoms with Gasteiger partial charge in [-0.2, -0.15) is 0 Å². The molecule has 208 valence electrons. The number of H-pyrrole nitrogens is 1. The number of rotatable bonds is 8. The van der Waals surface area contributed by atoms with Gasteiger partial charge in [0.25, 0.3) is 0 Å². The van der Waals surface area contributed by atoms with Crippen molar-refractivity contribution >= 4 is 50.9 Å². The molecule has 5 rings (SSSR count). The number of anilines is 1. The smallest absolute Gasteiger partial charge is 0.337 e. The van der Waals surface area contributed by atoms with Crippen molar-refractivity contribution in [2.24, 2.45) is 4.99 Å². The van der Waals surface area contributed by atoms with Crippen molar-refractivity contribution in [3.63, 3.8) is 0 Å². The molecule has 5 aromatic rings. The topological polar surface area (TPSA) is 124 Å². The minimum absolute atomic E-state index is 0.0166. The van der Waals surface area contributed by atoms with Crippen molar-refractivity contribution in [2.45, 2.75) is 6.42 Å². The van der Waals surface area contributed by atoms with Crippen molar-refractivity contribution < 1.29 is 19.4 Å². The quantitative estimate of drug-likeness (QED) is 0.212. The number of nitrogens with zero attached hydrogens (tertiary/aromatic N) is 5. The fraction of sp³-hybridized carbons (Fsp3) is 0.194. The molecule has 2 heterocycles. The van der Waals surface area contributed by atoms with Crippen LogP contribution in [0.3, 0.4) is 0 Å². The summed E-state index contributed by atoms with van der Waals surface area (Å²) in [5.41, 5.74) is 5.37. The second-order valence-electron chi connectivity index (χ2n) is 9.84. The maximum Gasteiger partial charge on any atom is 0.337 e. The minimum Gasteiger partial charge on any atom is -0.494 e. The molecule has 0 atom stereocenters. The minimum atomic E-state index is -0.477. The second kappa shape index (κ2) is 11.6. The number of aromatic nitrogens is 3. The summed E-state index contributed by atoms with van der Waals surface area (Å²) in [5.74, 6) is -0.555. The summed E-state index contributed by atoms with van der Waals surface area (Å²) in [6.07, 6.45) is 3.66. The maximum absolute atomic E-state index is 12.6. The Kier molecular flexibility index (Phi) is 7.75. The summed E-state index contributed by atoms with van der Waals surface area (Å²) in [6.45, 7) is 0.667. The number of nitrogens with one attached hydrogen (secondary N) is 1. The summed E-state index contributed by atoms with van der Waals surface area (Å²) >= 11 is 0. The number of ether oxygens (including phenoxy) is 1. The summed E-state index contributed by atoms with van der Waals surface area (Å²) in [5, 5.41) is 11.8. The van der Waals surface area contributed by atoms with E-state index in [2.05, 4.69) is 15.0 Å². The molecule has 10 nitrogen and oxygen atoms in total. The van der Waals surface area contributed by atoms with Crippen molar-refractivity contribution in [3.05, 3.63) is 89.7 Å². The zero-order chi connectivity index (χ0) is 29.1. The van der Waals surface area contributed by atoms with Crippen LogP contribution in [0.25, 0.3) is 21.9 Å². The Morgan fingerprint density at radius 2 is 1.63 bits per heavy atom. The van der Waals surface area contributed by atoms with Crippen molar-refractivity contribution in [2.75, 3.05) is 39.7 Å². The van der Waals surface area contributed by atoms with E-state index < -0.39 is 5.97 Å². The number of hydrogen-bond acceptors (Lipinski definition) is 8. The van der Waals surface area contributed by atoms with Crippen LogP contribution in [0.2, 0.25) is 0 Å². The van der Waals surface area contributed by atoms with Gasteiger partial charge in [0.1, 0.15) is 0 Å². The van der Waals surface area contributed by atoms with Crippen LogP contribution >= 0.6 is 0 Å². The molecule has 0 saturated heterocycles. The molecule has 0 radical (unpaired) electrons. The number of carbonyl (C=O) groups is 2. The zero-order valence-electron chi connectivity index (χ0n) is 23.3. The number of fused-ring (bicyclic) bond motifs is 2. The van der Waals surface area contributed by atoms with Gasteiger partial charge in [0.05, 0.1) is 40.7 Å². The fourth-order valence-corrected chi connectivity index (χ4v) is 4.55. The van der Waals surface area contributed by atoms with Crippen LogP contribution in [0.4, 0.5) is 11.4 Å². The van der Waals surface area contributed by atoms with E-state index in [1.807, 2.05) is 61.5 Å². The predicted octanol–water partition coefficient (Wildman–Crippen LogP) is 4.69. The molecule has 0 aliphatic heterocycles. The molecule has 41 heavy (non-hydrogen) atoms. The van der Waals surface area contributed by atoms with Gasteiger partial charge < -0.3 is 24.6 Å². The van der Waals surface area contributed by atoms with Crippen molar-refractivity contribution in [1.82, 2.24) is 19.9 Å². The van der Waals surface area contributed by atoms with Crippen LogP contribution in [0, 0.1) is 0 Å². The number of esters is 1. The first kappa shape index (κ1) is 27.5. The Labute approximate surface area is 236 Å². The highest BCUT2D eigenvalue weighted by Gasteiger charge is 2.21. The summed E-state index contributed by atoms with van der Waals surface area (Å²) in [4.78, 5) is 45.0. The number of hydrogen-bond donors (Lipinski definition) is 2. The third kappa shape index (κ3) is 5.78. The van der Waals surface area contributed by atoms with Crippen LogP contribution in [0.15, 0.2) is 78.0 Å². The average molecular weight is 551 g/mol. The highest BCUT2D eigenvalue weighted by Crippen LogP contribution is 2.33. The van der Waals surface area contributed by atoms with E-state index in [4.69, 9.17) is 9.73 Å². The van der Waals surface area contributed by atoms with Crippen LogP contribution in [0.1, 0.15) is 27.9 Å². The number of carbonyl (C=O) groups excluding carboxylic acids is 2. The van der Waals surface area contributed by atoms with Crippen LogP contribution in [0.5, 0.6) is 5.88 Å². The molecule has 0 bridgehead atoms. The number of methoxy groups -OCH3 is 1. The molecule has 0 spiro atoms. The Balaban J connectivity index is 1.59. The van der Waals surface area contributed by atoms with Crippen LogP contribution in [-0.2, 0) is 9.53 Å². The molecule has 1 amide bonds. The van der Waals surface area contributed by atoms with Gasteiger partial charge in [0, 0.05) is 54.6 Å². The highest BCUT2D eigenvalue weighted by molar-refractivity contribution is 6.22. The summed E-state index contributed by atoms with van der Waals surface area (Å²) < 4.78 is 4.85. The van der Waals surface area contributed by atoms with E-state index in [0.717, 1.165) is 11.2 Å². The molecule has 2 aromatic heterocycles. The Hall–Kier alpha value is -5.09. The zero-order valence-corrected chi connectivity index (χ0v) is 23.3. The molecule has 0 saturated carbocycles. The van der Waals surface area contributed by atoms with E-state index in [9.17, 15) is 14.7 Å². The third-order valence-corrected chi connectivity index (χ3v) is 6.80. The van der Waals surface area contributed by atoms with Gasteiger partial charge in [0.2, 0.25) is 5.91 Å². The lowest BCUT2D eigenvalue weighted by Gasteiger charge is -2.19. The molecule has 3 aromatic carbocycles. The number of aromatic hydroxyl groups is 1. The van der Waals surface area contributed by atoms with Gasteiger partial charge in [0.15, 0.2) is 5.88 Å². The number of aromatic amines is 1. The lowest BCUT2D eigenvalue weighted by molar-refractivity contribution is -0.118. The first-order chi connectivity index (χ1) is 19.7. The number of aliphatic imine (C=N–C) groups is 1. The molecule has 2 N–H and O–H groups in total. The average Bonchev–Trinajstić information content (AvgIpc) is 3.32. The Morgan fingerprint density at radius 1 is 0.927 bits per heavy atom. The predicted molar refractivity (Wildman–Crippen MR) is 159 cm³/mol. The van der Waals surface area contributed by atoms with E-state index in [-0.39, 0.29) is 11.8 Å². The maximum atomic E-state index is 12.6. The van der Waals surface area contributed by atoms with Gasteiger partial charge in [-0.05, 0) is 62.6 Å². The van der Waals surface area contributed by atoms with E-state index in [1.54, 1.807) is 42.5 Å². The van der Waals surface area contributed by atoms with Gasteiger partial charge >= 0.3 is 5.97 Å². The van der Waals surface area contributed by atoms with Crippen molar-refractivity contribution in [3.8, 4) is 5.88 Å². The summed E-state index contributed by atoms with van der Waals surface area (Å²) in [6, 6.07) is 18.0. The number of benzene rings is 3. The molecule has 0 unspecified atom stereocenters. The van der Waals surface area contributed by atoms with Gasteiger partial charge in [-0.1, -0.05) is 12.1 Å². The lowest BCUT2D eigenvalue weighted by atomic mass is 9.99. The SMILES string of the molecule is COC(=O)c1ccc2c(C(=Nc3ccc(N(C)C(=O)CCN(C)C)cc3)c3ccc4nccnc4c3)c(O)[nH]c2c1. The van der Waals surface area contributed by atoms with E-state index >= 15 is 0 Å². The Morgan fingerprint density at radius 3 is 2.34 bits per heavy atom. The normalized spacial score (nSPS) is 11.8. The van der Waals surface area contributed by atoms with Gasteiger partial charge in [-0.3, -0.25) is 14.8 Å². The molecule has 0 aliphatic carbocycles. The third-order valence-electron chi connectivity index (χ3n) is 6.80. The first-order valence-electron chi connectivity index (χ1n) is 13.0. The second-order valence-corrected chi connectivity index (χ2v) is 9.84. The standard InChI is InChI=1S/C31H30N6O4/c1-36(2)16-13-27(38)37(3)22-9-7-21(8-10-22)34-29(19-6-12-24-26(17-19)33-15-14-32-24)28-23-11-5-20(31(40)41-4)18-25(23)35-30(28)39/h5-12,14-15,17-18,35,39H,13,16H2,1-4H3. The van der Waals surface area contributed by atoms with E-state index in [0.29, 0.717) is 57.5 Å². The van der Waals surface area contributed by atoms with Gasteiger partial charge in [-0.15, -0.1) is 0 Å². The first-order valence-corrected chi connectivity index (χ1v) is 13.0. The molecule has 0 fully saturated rings. The lowest BCUT2D eigenvalue weighted by Crippen LogP contribution is -2.29. The van der Waals surface area contributed by atoms with Crippen LogP contribution in [-0.4, -0.2) is 77.3 Å². The molecular weight excluding hydrogens is 520 g/mol. The molecule has 0 aliphatic rings. The highest BCUT2D eigenvalue weighted by atomic mass is 16.5.